The van der Waals surface area contributed by atoms with Crippen LogP contribution in [-0.2, 0) is 21.2 Å². The first-order valence-electron chi connectivity index (χ1n) is 8.16. The van der Waals surface area contributed by atoms with Gasteiger partial charge in [-0.05, 0) is 42.5 Å². The van der Waals surface area contributed by atoms with Gasteiger partial charge < -0.3 is 10.6 Å². The molecule has 0 saturated carbocycles. The third-order valence-electron chi connectivity index (χ3n) is 4.47. The summed E-state index contributed by atoms with van der Waals surface area (Å²) in [6.45, 7) is 6.73. The molecule has 0 aliphatic carbocycles. The molecule has 7 heteroatoms. The van der Waals surface area contributed by atoms with Gasteiger partial charge in [-0.2, -0.15) is 0 Å². The number of carbonyl (C=O) groups is 1. The van der Waals surface area contributed by atoms with E-state index < -0.39 is 10.0 Å². The Labute approximate surface area is 144 Å². The second-order valence-corrected chi connectivity index (χ2v) is 9.24. The Morgan fingerprint density at radius 1 is 1.38 bits per heavy atom. The average molecular weight is 353 g/mol. The molecule has 0 spiro atoms. The molecule has 0 unspecified atom stereocenters. The molecule has 0 radical (unpaired) electrons. The molecule has 1 amide bonds. The Morgan fingerprint density at radius 2 is 2.04 bits per heavy atom. The van der Waals surface area contributed by atoms with Crippen molar-refractivity contribution in [3.8, 4) is 0 Å². The van der Waals surface area contributed by atoms with Gasteiger partial charge in [0.2, 0.25) is 15.9 Å². The summed E-state index contributed by atoms with van der Waals surface area (Å²) in [6, 6.07) is 5.07. The highest BCUT2D eigenvalue weighted by molar-refractivity contribution is 7.89. The maximum Gasteiger partial charge on any atom is 0.242 e. The topological polar surface area (TPSA) is 83.7 Å². The monoisotopic (exact) mass is 353 g/mol. The van der Waals surface area contributed by atoms with E-state index in [-0.39, 0.29) is 16.2 Å². The third-order valence-corrected chi connectivity index (χ3v) is 6.27. The van der Waals surface area contributed by atoms with E-state index in [1.807, 2.05) is 19.9 Å². The molecule has 1 aliphatic rings. The zero-order chi connectivity index (χ0) is 18.1. The number of nitrogens with two attached hydrogens (primary N) is 1. The second-order valence-electron chi connectivity index (χ2n) is 7.19. The van der Waals surface area contributed by atoms with Crippen LogP contribution in [-0.4, -0.2) is 45.3 Å². The Hall–Kier alpha value is -1.44. The fourth-order valence-electron chi connectivity index (χ4n) is 2.97. The van der Waals surface area contributed by atoms with Crippen molar-refractivity contribution in [2.75, 3.05) is 31.6 Å². The van der Waals surface area contributed by atoms with Gasteiger partial charge in [-0.15, -0.1) is 0 Å². The molecule has 0 aromatic heterocycles. The smallest absolute Gasteiger partial charge is 0.242 e. The molecule has 0 fully saturated rings. The van der Waals surface area contributed by atoms with E-state index in [2.05, 4.69) is 0 Å². The normalized spacial score (nSPS) is 15.5. The number of hydrogen-bond donors (Lipinski definition) is 1. The quantitative estimate of drug-likeness (QED) is 0.871. The predicted molar refractivity (Wildman–Crippen MR) is 95.4 cm³/mol. The van der Waals surface area contributed by atoms with Crippen molar-refractivity contribution < 1.29 is 13.2 Å². The molecule has 1 aliphatic heterocycles. The average Bonchev–Trinajstić information content (AvgIpc) is 2.53. The molecule has 1 aromatic carbocycles. The minimum absolute atomic E-state index is 0.0666. The lowest BCUT2D eigenvalue weighted by atomic mass is 9.94. The van der Waals surface area contributed by atoms with Gasteiger partial charge in [0.05, 0.1) is 4.90 Å². The Kier molecular flexibility index (Phi) is 5.37. The van der Waals surface area contributed by atoms with Crippen LogP contribution in [0.25, 0.3) is 0 Å². The van der Waals surface area contributed by atoms with E-state index in [0.717, 1.165) is 18.4 Å². The number of rotatable bonds is 5. The zero-order valence-corrected chi connectivity index (χ0v) is 15.7. The Morgan fingerprint density at radius 3 is 2.62 bits per heavy atom. The van der Waals surface area contributed by atoms with E-state index in [4.69, 9.17) is 5.73 Å². The minimum Gasteiger partial charge on any atom is -0.330 e. The summed E-state index contributed by atoms with van der Waals surface area (Å²) >= 11 is 0. The number of benzene rings is 1. The summed E-state index contributed by atoms with van der Waals surface area (Å²) in [6.07, 6.45) is 1.75. The van der Waals surface area contributed by atoms with Crippen LogP contribution in [0.3, 0.4) is 0 Å². The van der Waals surface area contributed by atoms with Gasteiger partial charge in [0.15, 0.2) is 0 Å². The number of aryl methyl sites for hydroxylation is 1. The van der Waals surface area contributed by atoms with Gasteiger partial charge in [-0.1, -0.05) is 19.9 Å². The highest BCUT2D eigenvalue weighted by Crippen LogP contribution is 2.31. The molecular weight excluding hydrogens is 326 g/mol. The first-order valence-corrected chi connectivity index (χ1v) is 9.60. The van der Waals surface area contributed by atoms with Crippen molar-refractivity contribution >= 4 is 21.6 Å². The third kappa shape index (κ3) is 3.79. The molecule has 0 atom stereocenters. The van der Waals surface area contributed by atoms with Crippen LogP contribution in [0.5, 0.6) is 0 Å². The first kappa shape index (κ1) is 18.9. The molecule has 0 saturated heterocycles. The largest absolute Gasteiger partial charge is 0.330 e. The van der Waals surface area contributed by atoms with Crippen LogP contribution in [0.4, 0.5) is 5.69 Å². The summed E-state index contributed by atoms with van der Waals surface area (Å²) in [5.74, 6) is -0.0666. The molecule has 6 nitrogen and oxygen atoms in total. The summed E-state index contributed by atoms with van der Waals surface area (Å²) in [5, 5.41) is 0. The number of sulfonamides is 1. The highest BCUT2D eigenvalue weighted by atomic mass is 32.2. The van der Waals surface area contributed by atoms with Gasteiger partial charge in [0.1, 0.15) is 0 Å². The molecule has 2 rings (SSSR count). The van der Waals surface area contributed by atoms with E-state index >= 15 is 0 Å². The van der Waals surface area contributed by atoms with E-state index in [0.29, 0.717) is 25.3 Å². The van der Waals surface area contributed by atoms with Gasteiger partial charge in [0, 0.05) is 32.7 Å². The Bertz CT molecular complexity index is 729. The fourth-order valence-corrected chi connectivity index (χ4v) is 4.35. The van der Waals surface area contributed by atoms with Gasteiger partial charge in [-0.25, -0.2) is 12.7 Å². The molecule has 24 heavy (non-hydrogen) atoms. The number of hydrogen-bond acceptors (Lipinski definition) is 4. The number of fused-ring (bicyclic) bond motifs is 1. The van der Waals surface area contributed by atoms with Crippen LogP contribution < -0.4 is 10.6 Å². The van der Waals surface area contributed by atoms with E-state index in [1.54, 1.807) is 24.1 Å². The standard InChI is InChI=1S/C17H27N3O3S/c1-13(21)20-9-5-6-14-7-8-15(10-16(14)20)24(22,23)19(4)12-17(2,3)11-18/h7-8,10H,5-6,9,11-12,18H2,1-4H3. The van der Waals surface area contributed by atoms with Crippen LogP contribution in [0.15, 0.2) is 23.1 Å². The van der Waals surface area contributed by atoms with Crippen molar-refractivity contribution in [2.24, 2.45) is 11.1 Å². The maximum absolute atomic E-state index is 12.9. The highest BCUT2D eigenvalue weighted by Gasteiger charge is 2.29. The number of carbonyl (C=O) groups excluding carboxylic acids is 1. The summed E-state index contributed by atoms with van der Waals surface area (Å²) in [4.78, 5) is 13.7. The van der Waals surface area contributed by atoms with Crippen molar-refractivity contribution in [3.05, 3.63) is 23.8 Å². The van der Waals surface area contributed by atoms with Gasteiger partial charge in [0.25, 0.3) is 0 Å². The fraction of sp³-hybridized carbons (Fsp3) is 0.588. The number of anilines is 1. The lowest BCUT2D eigenvalue weighted by Gasteiger charge is -2.31. The van der Waals surface area contributed by atoms with Crippen molar-refractivity contribution in [2.45, 2.75) is 38.5 Å². The summed E-state index contributed by atoms with van der Waals surface area (Å²) < 4.78 is 27.1. The molecular formula is C17H27N3O3S. The number of nitrogens with zero attached hydrogens (tertiary/aromatic N) is 2. The van der Waals surface area contributed by atoms with Gasteiger partial charge in [-0.3, -0.25) is 4.79 Å². The van der Waals surface area contributed by atoms with Crippen LogP contribution in [0.1, 0.15) is 32.8 Å². The first-order chi connectivity index (χ1) is 11.1. The summed E-state index contributed by atoms with van der Waals surface area (Å²) in [7, 11) is -2.06. The van der Waals surface area contributed by atoms with Gasteiger partial charge >= 0.3 is 0 Å². The zero-order valence-electron chi connectivity index (χ0n) is 14.9. The van der Waals surface area contributed by atoms with E-state index in [9.17, 15) is 13.2 Å². The molecule has 134 valence electrons. The summed E-state index contributed by atoms with van der Waals surface area (Å²) in [5.41, 5.74) is 7.13. The number of amides is 1. The SMILES string of the molecule is CC(=O)N1CCCc2ccc(S(=O)(=O)N(C)CC(C)(C)CN)cc21. The van der Waals surface area contributed by atoms with Crippen molar-refractivity contribution in [1.29, 1.82) is 0 Å². The van der Waals surface area contributed by atoms with Crippen LogP contribution in [0, 0.1) is 5.41 Å². The molecule has 1 aromatic rings. The molecule has 0 bridgehead atoms. The molecule has 2 N–H and O–H groups in total. The lowest BCUT2D eigenvalue weighted by Crippen LogP contribution is -2.40. The molecule has 1 heterocycles. The Balaban J connectivity index is 2.38. The predicted octanol–water partition coefficient (Wildman–Crippen LogP) is 1.59. The second kappa shape index (κ2) is 6.82. The van der Waals surface area contributed by atoms with Crippen molar-refractivity contribution in [1.82, 2.24) is 4.31 Å². The van der Waals surface area contributed by atoms with E-state index in [1.165, 1.54) is 11.2 Å². The van der Waals surface area contributed by atoms with Crippen LogP contribution >= 0.6 is 0 Å². The van der Waals surface area contributed by atoms with Crippen LogP contribution in [0.2, 0.25) is 0 Å². The van der Waals surface area contributed by atoms with Crippen molar-refractivity contribution in [3.63, 3.8) is 0 Å². The maximum atomic E-state index is 12.9. The lowest BCUT2D eigenvalue weighted by molar-refractivity contribution is -0.116. The minimum atomic E-state index is -3.63.